The lowest BCUT2D eigenvalue weighted by atomic mass is 10.1. The van der Waals surface area contributed by atoms with Crippen LogP contribution in [0.4, 0.5) is 19.0 Å². The Hall–Kier alpha value is -1.95. The van der Waals surface area contributed by atoms with Gasteiger partial charge in [0.2, 0.25) is 0 Å². The number of alkyl halides is 4. The molecule has 20 heavy (non-hydrogen) atoms. The summed E-state index contributed by atoms with van der Waals surface area (Å²) in [6.45, 7) is 0. The topological polar surface area (TPSA) is 29.9 Å². The highest BCUT2D eigenvalue weighted by Crippen LogP contribution is 2.34. The normalized spacial score (nSPS) is 18.2. The monoisotopic (exact) mass is 301 g/mol. The van der Waals surface area contributed by atoms with E-state index in [1.54, 1.807) is 29.1 Å². The number of aromatic nitrogens is 2. The molecule has 3 nitrogen and oxygen atoms in total. The molecule has 7 heteroatoms. The van der Waals surface area contributed by atoms with Crippen molar-refractivity contribution >= 4 is 23.1 Å². The summed E-state index contributed by atoms with van der Waals surface area (Å²) < 4.78 is 39.7. The average molecular weight is 302 g/mol. The zero-order valence-electron chi connectivity index (χ0n) is 10.0. The molecule has 3 rings (SSSR count). The Bertz CT molecular complexity index is 681. The largest absolute Gasteiger partial charge is 0.416 e. The van der Waals surface area contributed by atoms with Crippen LogP contribution in [0.3, 0.4) is 0 Å². The molecule has 1 aromatic heterocycles. The molecule has 106 valence electrons. The number of anilines is 1. The predicted octanol–water partition coefficient (Wildman–Crippen LogP) is 4.35. The summed E-state index contributed by atoms with van der Waals surface area (Å²) in [5, 5.41) is 7.03. The lowest BCUT2D eigenvalue weighted by Crippen LogP contribution is -2.15. The Balaban J connectivity index is 0.00000161. The molecule has 1 atom stereocenters. The van der Waals surface area contributed by atoms with E-state index in [0.717, 1.165) is 12.1 Å². The van der Waals surface area contributed by atoms with E-state index in [2.05, 4.69) is 10.4 Å². The van der Waals surface area contributed by atoms with Gasteiger partial charge in [-0.25, -0.2) is 4.68 Å². The number of hydrogen-bond acceptors (Lipinski definition) is 2. The average Bonchev–Trinajstić information content (AvgIpc) is 2.87. The van der Waals surface area contributed by atoms with Crippen molar-refractivity contribution in [3.05, 3.63) is 53.7 Å². The van der Waals surface area contributed by atoms with Crippen molar-refractivity contribution in [3.63, 3.8) is 0 Å². The van der Waals surface area contributed by atoms with Crippen LogP contribution in [0.1, 0.15) is 18.1 Å². The van der Waals surface area contributed by atoms with E-state index in [1.165, 1.54) is 6.07 Å². The van der Waals surface area contributed by atoms with Gasteiger partial charge >= 0.3 is 6.18 Å². The third kappa shape index (κ3) is 2.27. The molecule has 2 aromatic rings. The number of allylic oxidation sites excluding steroid dienone is 1. The summed E-state index contributed by atoms with van der Waals surface area (Å²) >= 11 is 6.12. The van der Waals surface area contributed by atoms with Gasteiger partial charge in [0.05, 0.1) is 11.8 Å². The summed E-state index contributed by atoms with van der Waals surface area (Å²) in [5.41, 5.74) is -0.268. The lowest BCUT2D eigenvalue weighted by molar-refractivity contribution is -0.137. The molecule has 1 N–H and O–H groups in total. The van der Waals surface area contributed by atoms with E-state index in [9.17, 15) is 13.2 Å². The molecule has 2 heterocycles. The van der Waals surface area contributed by atoms with Crippen LogP contribution in [0.15, 0.2) is 42.6 Å². The van der Waals surface area contributed by atoms with E-state index >= 15 is 0 Å². The minimum absolute atomic E-state index is 0. The zero-order chi connectivity index (χ0) is 14.3. The predicted molar refractivity (Wildman–Crippen MR) is 72.3 cm³/mol. The molecule has 1 unspecified atom stereocenters. The first kappa shape index (κ1) is 13.1. The molecule has 1 aromatic carbocycles. The van der Waals surface area contributed by atoms with Crippen molar-refractivity contribution in [2.45, 2.75) is 11.7 Å². The fourth-order valence-corrected chi connectivity index (χ4v) is 2.31. The molecule has 0 fully saturated rings. The number of rotatable bonds is 1. The summed E-state index contributed by atoms with van der Waals surface area (Å²) in [6.07, 6.45) is -1.18. The molecule has 1 aliphatic heterocycles. The smallest absolute Gasteiger partial charge is 0.340 e. The maximum atomic E-state index is 12.7. The standard InChI is InChI=1S/C13H9ClF3N3.H2/c14-11-7-10(19-12-4-5-18-20(11)12)8-2-1-3-9(6-8)13(15,16)17;/h1-7,11,19H;1H. The zero-order valence-corrected chi connectivity index (χ0v) is 10.8. The first-order valence-corrected chi connectivity index (χ1v) is 6.23. The van der Waals surface area contributed by atoms with Gasteiger partial charge in [0.25, 0.3) is 0 Å². The van der Waals surface area contributed by atoms with Crippen LogP contribution >= 0.6 is 11.6 Å². The fourth-order valence-electron chi connectivity index (χ4n) is 2.03. The van der Waals surface area contributed by atoms with Gasteiger partial charge < -0.3 is 5.32 Å². The Labute approximate surface area is 119 Å². The van der Waals surface area contributed by atoms with Gasteiger partial charge in [-0.05, 0) is 23.8 Å². The number of nitrogens with zero attached hydrogens (tertiary/aromatic N) is 2. The molecule has 0 saturated heterocycles. The summed E-state index contributed by atoms with van der Waals surface area (Å²) in [7, 11) is 0. The van der Waals surface area contributed by atoms with E-state index in [-0.39, 0.29) is 1.43 Å². The van der Waals surface area contributed by atoms with Crippen LogP contribution in [-0.4, -0.2) is 9.78 Å². The SMILES string of the molecule is FC(F)(F)c1cccc(C2=CC(Cl)n3nccc3N2)c1.[HH]. The van der Waals surface area contributed by atoms with Crippen molar-refractivity contribution in [1.29, 1.82) is 0 Å². The van der Waals surface area contributed by atoms with Gasteiger partial charge in [-0.1, -0.05) is 23.7 Å². The third-order valence-corrected chi connectivity index (χ3v) is 3.28. The number of benzene rings is 1. The van der Waals surface area contributed by atoms with Crippen molar-refractivity contribution < 1.29 is 14.6 Å². The molecular weight excluding hydrogens is 291 g/mol. The molecule has 0 radical (unpaired) electrons. The summed E-state index contributed by atoms with van der Waals surface area (Å²) in [6, 6.07) is 6.80. The molecule has 0 spiro atoms. The number of hydrogen-bond donors (Lipinski definition) is 1. The quantitative estimate of drug-likeness (QED) is 0.794. The molecule has 0 saturated carbocycles. The Morgan fingerprint density at radius 2 is 2.10 bits per heavy atom. The van der Waals surface area contributed by atoms with Crippen molar-refractivity contribution in [2.75, 3.05) is 5.32 Å². The molecule has 0 aliphatic carbocycles. The van der Waals surface area contributed by atoms with Crippen LogP contribution in [0.25, 0.3) is 5.70 Å². The fraction of sp³-hybridized carbons (Fsp3) is 0.154. The Kier molecular flexibility index (Phi) is 2.97. The van der Waals surface area contributed by atoms with Crippen LogP contribution in [-0.2, 0) is 6.18 Å². The number of halogens is 4. The second kappa shape index (κ2) is 4.56. The highest BCUT2D eigenvalue weighted by atomic mass is 35.5. The molecule has 0 bridgehead atoms. The number of nitrogens with one attached hydrogen (secondary N) is 1. The van der Waals surface area contributed by atoms with Crippen molar-refractivity contribution in [2.24, 2.45) is 0 Å². The second-order valence-electron chi connectivity index (χ2n) is 4.32. The van der Waals surface area contributed by atoms with Gasteiger partial charge in [0.1, 0.15) is 11.3 Å². The third-order valence-electron chi connectivity index (χ3n) is 2.97. The Morgan fingerprint density at radius 3 is 2.85 bits per heavy atom. The summed E-state index contributed by atoms with van der Waals surface area (Å²) in [5.74, 6) is 0.639. The van der Waals surface area contributed by atoms with E-state index in [0.29, 0.717) is 17.1 Å². The lowest BCUT2D eigenvalue weighted by Gasteiger charge is -2.21. The summed E-state index contributed by atoms with van der Waals surface area (Å²) in [4.78, 5) is 0. The van der Waals surface area contributed by atoms with Crippen LogP contribution in [0.2, 0.25) is 0 Å². The van der Waals surface area contributed by atoms with Gasteiger partial charge in [0.15, 0.2) is 0 Å². The van der Waals surface area contributed by atoms with Gasteiger partial charge in [0, 0.05) is 13.2 Å². The minimum Gasteiger partial charge on any atom is -0.340 e. The highest BCUT2D eigenvalue weighted by Gasteiger charge is 2.31. The van der Waals surface area contributed by atoms with Gasteiger partial charge in [-0.2, -0.15) is 18.3 Å². The maximum Gasteiger partial charge on any atom is 0.416 e. The van der Waals surface area contributed by atoms with Crippen LogP contribution in [0, 0.1) is 0 Å². The van der Waals surface area contributed by atoms with E-state index in [1.807, 2.05) is 0 Å². The minimum atomic E-state index is -4.37. The first-order chi connectivity index (χ1) is 9.45. The maximum absolute atomic E-state index is 12.7. The van der Waals surface area contributed by atoms with Gasteiger partial charge in [-0.15, -0.1) is 0 Å². The van der Waals surface area contributed by atoms with Crippen molar-refractivity contribution in [1.82, 2.24) is 9.78 Å². The number of fused-ring (bicyclic) bond motifs is 1. The van der Waals surface area contributed by atoms with Gasteiger partial charge in [-0.3, -0.25) is 0 Å². The molecular formula is C13H11ClF3N3. The van der Waals surface area contributed by atoms with Crippen molar-refractivity contribution in [3.8, 4) is 0 Å². The van der Waals surface area contributed by atoms with Crippen LogP contribution in [0.5, 0.6) is 0 Å². The van der Waals surface area contributed by atoms with E-state index < -0.39 is 17.2 Å². The Morgan fingerprint density at radius 1 is 1.30 bits per heavy atom. The molecule has 1 aliphatic rings. The van der Waals surface area contributed by atoms with E-state index in [4.69, 9.17) is 11.6 Å². The first-order valence-electron chi connectivity index (χ1n) is 5.79. The second-order valence-corrected chi connectivity index (χ2v) is 4.76. The highest BCUT2D eigenvalue weighted by molar-refractivity contribution is 6.21. The van der Waals surface area contributed by atoms with Crippen LogP contribution < -0.4 is 5.32 Å². The molecule has 0 amide bonds.